The lowest BCUT2D eigenvalue weighted by atomic mass is 10.1. The molecule has 1 rings (SSSR count). The number of carbonyl (C=O) groups excluding carboxylic acids is 1. The Labute approximate surface area is 103 Å². The maximum atomic E-state index is 12.0. The van der Waals surface area contributed by atoms with Crippen LogP contribution in [0.5, 0.6) is 0 Å². The van der Waals surface area contributed by atoms with Gasteiger partial charge < -0.3 is 4.90 Å². The number of hydrogen-bond donors (Lipinski definition) is 1. The van der Waals surface area contributed by atoms with Gasteiger partial charge in [0.2, 0.25) is 5.91 Å². The van der Waals surface area contributed by atoms with Crippen LogP contribution in [0.1, 0.15) is 33.1 Å². The highest BCUT2D eigenvalue weighted by Crippen LogP contribution is 2.15. The Bertz CT molecular complexity index is 367. The first-order valence-corrected chi connectivity index (χ1v) is 8.15. The molecule has 5 nitrogen and oxygen atoms in total. The van der Waals surface area contributed by atoms with E-state index in [1.807, 2.05) is 6.92 Å². The second-order valence-corrected chi connectivity index (χ2v) is 6.96. The lowest BCUT2D eigenvalue weighted by Gasteiger charge is -2.20. The largest absolute Gasteiger partial charge is 0.325 e. The second-order valence-electron chi connectivity index (χ2n) is 4.70. The minimum atomic E-state index is -3.01. The Morgan fingerprint density at radius 3 is 2.59 bits per heavy atom. The fourth-order valence-electron chi connectivity index (χ4n) is 2.03. The molecule has 0 bridgehead atoms. The van der Waals surface area contributed by atoms with E-state index in [1.54, 1.807) is 4.90 Å². The number of unbranched alkanes of at least 4 members (excludes halogenated alkanes) is 1. The average molecular weight is 262 g/mol. The van der Waals surface area contributed by atoms with E-state index in [1.165, 1.54) is 6.26 Å². The third-order valence-corrected chi connectivity index (χ3v) is 3.96. The molecule has 1 heterocycles. The number of carbonyl (C=O) groups is 1. The molecule has 17 heavy (non-hydrogen) atoms. The minimum Gasteiger partial charge on any atom is -0.325 e. The van der Waals surface area contributed by atoms with Crippen molar-refractivity contribution < 1.29 is 13.2 Å². The fraction of sp³-hybridized carbons (Fsp3) is 0.909. The third-order valence-electron chi connectivity index (χ3n) is 3.04. The van der Waals surface area contributed by atoms with E-state index in [2.05, 4.69) is 12.2 Å². The summed E-state index contributed by atoms with van der Waals surface area (Å²) in [6, 6.07) is -0.135. The molecule has 1 N–H and O–H groups in total. The van der Waals surface area contributed by atoms with Crippen molar-refractivity contribution >= 4 is 15.7 Å². The summed E-state index contributed by atoms with van der Waals surface area (Å²) < 4.78 is 22.2. The zero-order chi connectivity index (χ0) is 13.1. The highest BCUT2D eigenvalue weighted by atomic mass is 32.2. The van der Waals surface area contributed by atoms with Crippen molar-refractivity contribution in [3.8, 4) is 0 Å². The Kier molecular flexibility index (Phi) is 4.94. The monoisotopic (exact) mass is 262 g/mol. The van der Waals surface area contributed by atoms with Crippen molar-refractivity contribution in [2.45, 2.75) is 45.3 Å². The van der Waals surface area contributed by atoms with E-state index in [0.29, 0.717) is 0 Å². The Hall–Kier alpha value is -0.620. The van der Waals surface area contributed by atoms with Crippen LogP contribution < -0.4 is 5.32 Å². The summed E-state index contributed by atoms with van der Waals surface area (Å²) in [6.07, 6.45) is 4.03. The molecule has 1 amide bonds. The van der Waals surface area contributed by atoms with Gasteiger partial charge in [0.15, 0.2) is 0 Å². The van der Waals surface area contributed by atoms with Crippen LogP contribution in [0.15, 0.2) is 0 Å². The summed E-state index contributed by atoms with van der Waals surface area (Å²) >= 11 is 0. The Morgan fingerprint density at radius 2 is 2.06 bits per heavy atom. The summed E-state index contributed by atoms with van der Waals surface area (Å²) in [5, 5.41) is 3.21. The zero-order valence-corrected chi connectivity index (χ0v) is 11.6. The molecule has 0 aromatic heterocycles. The van der Waals surface area contributed by atoms with Crippen LogP contribution in [-0.2, 0) is 14.6 Å². The van der Waals surface area contributed by atoms with Gasteiger partial charge in [-0.2, -0.15) is 0 Å². The van der Waals surface area contributed by atoms with Gasteiger partial charge >= 0.3 is 0 Å². The highest BCUT2D eigenvalue weighted by Gasteiger charge is 2.35. The molecule has 0 aliphatic carbocycles. The number of nitrogens with zero attached hydrogens (tertiary/aromatic N) is 1. The summed E-state index contributed by atoms with van der Waals surface area (Å²) in [5.41, 5.74) is 0. The first-order chi connectivity index (χ1) is 7.85. The molecule has 1 saturated heterocycles. The molecule has 2 unspecified atom stereocenters. The van der Waals surface area contributed by atoms with Crippen LogP contribution in [0.2, 0.25) is 0 Å². The van der Waals surface area contributed by atoms with Crippen molar-refractivity contribution in [2.24, 2.45) is 0 Å². The van der Waals surface area contributed by atoms with Crippen LogP contribution in [-0.4, -0.2) is 50.0 Å². The molecule has 100 valence electrons. The molecule has 0 radical (unpaired) electrons. The van der Waals surface area contributed by atoms with E-state index in [9.17, 15) is 13.2 Å². The van der Waals surface area contributed by atoms with Gasteiger partial charge in [0.05, 0.1) is 18.0 Å². The van der Waals surface area contributed by atoms with Crippen LogP contribution in [0.4, 0.5) is 0 Å². The molecular weight excluding hydrogens is 240 g/mol. The molecule has 6 heteroatoms. The van der Waals surface area contributed by atoms with E-state index in [-0.39, 0.29) is 30.4 Å². The smallest absolute Gasteiger partial charge is 0.241 e. The summed E-state index contributed by atoms with van der Waals surface area (Å²) in [5.74, 6) is 0.0697. The fourth-order valence-corrected chi connectivity index (χ4v) is 2.55. The van der Waals surface area contributed by atoms with Crippen LogP contribution in [0, 0.1) is 0 Å². The molecule has 1 aliphatic rings. The first kappa shape index (κ1) is 14.4. The van der Waals surface area contributed by atoms with Crippen LogP contribution >= 0.6 is 0 Å². The first-order valence-electron chi connectivity index (χ1n) is 6.09. The van der Waals surface area contributed by atoms with Crippen molar-refractivity contribution in [1.82, 2.24) is 10.2 Å². The van der Waals surface area contributed by atoms with Gasteiger partial charge in [0, 0.05) is 12.8 Å². The molecule has 0 spiro atoms. The maximum absolute atomic E-state index is 12.0. The van der Waals surface area contributed by atoms with E-state index < -0.39 is 9.84 Å². The van der Waals surface area contributed by atoms with Crippen LogP contribution in [0.25, 0.3) is 0 Å². The molecule has 2 atom stereocenters. The summed E-state index contributed by atoms with van der Waals surface area (Å²) in [4.78, 5) is 13.6. The molecule has 0 aromatic carbocycles. The van der Waals surface area contributed by atoms with E-state index >= 15 is 0 Å². The van der Waals surface area contributed by atoms with Gasteiger partial charge in [-0.3, -0.25) is 10.1 Å². The van der Waals surface area contributed by atoms with Gasteiger partial charge in [-0.05, 0) is 13.3 Å². The topological polar surface area (TPSA) is 66.5 Å². The highest BCUT2D eigenvalue weighted by molar-refractivity contribution is 7.90. The predicted octanol–water partition coefficient (Wildman–Crippen LogP) is 0.368. The van der Waals surface area contributed by atoms with Crippen LogP contribution in [0.3, 0.4) is 0 Å². The third kappa shape index (κ3) is 4.27. The summed E-state index contributed by atoms with van der Waals surface area (Å²) in [7, 11) is -3.01. The molecule has 0 aromatic rings. The molecule has 1 aliphatic heterocycles. The lowest BCUT2D eigenvalue weighted by molar-refractivity contribution is -0.129. The Balaban J connectivity index is 2.53. The standard InChI is InChI=1S/C11H22N2O3S/c1-4-5-6-10-11(14)13(9(2)12-10)7-8-17(3,15)16/h9-10,12H,4-8H2,1-3H3. The summed E-state index contributed by atoms with van der Waals surface area (Å²) in [6.45, 7) is 4.27. The van der Waals surface area contributed by atoms with E-state index in [4.69, 9.17) is 0 Å². The second kappa shape index (κ2) is 5.82. The molecule has 0 saturated carbocycles. The normalized spacial score (nSPS) is 25.6. The van der Waals surface area contributed by atoms with Gasteiger partial charge in [-0.1, -0.05) is 19.8 Å². The SMILES string of the molecule is CCCCC1NC(C)N(CCS(C)(=O)=O)C1=O. The molecule has 1 fully saturated rings. The van der Waals surface area contributed by atoms with Crippen molar-refractivity contribution in [3.05, 3.63) is 0 Å². The number of amides is 1. The minimum absolute atomic E-state index is 0.0330. The van der Waals surface area contributed by atoms with Gasteiger partial charge in [0.1, 0.15) is 9.84 Å². The van der Waals surface area contributed by atoms with Gasteiger partial charge in [-0.15, -0.1) is 0 Å². The average Bonchev–Trinajstić information content (AvgIpc) is 2.47. The number of hydrogen-bond acceptors (Lipinski definition) is 4. The molecular formula is C11H22N2O3S. The quantitative estimate of drug-likeness (QED) is 0.751. The van der Waals surface area contributed by atoms with Gasteiger partial charge in [-0.25, -0.2) is 8.42 Å². The number of sulfone groups is 1. The van der Waals surface area contributed by atoms with Crippen molar-refractivity contribution in [2.75, 3.05) is 18.6 Å². The lowest BCUT2D eigenvalue weighted by Crippen LogP contribution is -2.38. The van der Waals surface area contributed by atoms with E-state index in [0.717, 1.165) is 19.3 Å². The maximum Gasteiger partial charge on any atom is 0.241 e. The van der Waals surface area contributed by atoms with Crippen molar-refractivity contribution in [1.29, 1.82) is 0 Å². The number of rotatable bonds is 6. The van der Waals surface area contributed by atoms with Crippen molar-refractivity contribution in [3.63, 3.8) is 0 Å². The Morgan fingerprint density at radius 1 is 1.41 bits per heavy atom. The predicted molar refractivity (Wildman–Crippen MR) is 67.3 cm³/mol. The zero-order valence-electron chi connectivity index (χ0n) is 10.8. The van der Waals surface area contributed by atoms with Gasteiger partial charge in [0.25, 0.3) is 0 Å². The number of nitrogens with one attached hydrogen (secondary N) is 1.